The molecule has 0 saturated carbocycles. The minimum atomic E-state index is -0.857. The van der Waals surface area contributed by atoms with Crippen LogP contribution in [0.3, 0.4) is 0 Å². The van der Waals surface area contributed by atoms with Gasteiger partial charge in [-0.05, 0) is 32.4 Å². The molecule has 0 radical (unpaired) electrons. The van der Waals surface area contributed by atoms with Crippen LogP contribution in [-0.4, -0.2) is 42.2 Å². The highest BCUT2D eigenvalue weighted by molar-refractivity contribution is 7.20. The maximum atomic E-state index is 14.3. The smallest absolute Gasteiger partial charge is 0.133 e. The average molecular weight is 331 g/mol. The molecule has 3 nitrogen and oxygen atoms in total. The van der Waals surface area contributed by atoms with Crippen LogP contribution in [0.15, 0.2) is 12.4 Å². The largest absolute Gasteiger partial charge is 0.377 e. The monoisotopic (exact) mass is 331 g/mol. The molecule has 0 aromatic carbocycles. The molecule has 1 saturated heterocycles. The summed E-state index contributed by atoms with van der Waals surface area (Å²) >= 11 is 1.68. The van der Waals surface area contributed by atoms with E-state index in [1.165, 1.54) is 5.56 Å². The SMILES string of the molecule is CC#Cc1sc2c(NC3CCN(C)CC3F)cncc2c1CC. The van der Waals surface area contributed by atoms with Crippen molar-refractivity contribution in [1.82, 2.24) is 9.88 Å². The predicted molar refractivity (Wildman–Crippen MR) is 96.0 cm³/mol. The molecule has 5 heteroatoms. The minimum Gasteiger partial charge on any atom is -0.377 e. The van der Waals surface area contributed by atoms with E-state index in [0.717, 1.165) is 40.0 Å². The number of nitrogens with zero attached hydrogens (tertiary/aromatic N) is 2. The molecule has 1 N–H and O–H groups in total. The number of aromatic nitrogens is 1. The van der Waals surface area contributed by atoms with Crippen molar-refractivity contribution in [2.45, 2.75) is 38.9 Å². The second-order valence-electron chi connectivity index (χ2n) is 6.02. The molecular formula is C18H22FN3S. The minimum absolute atomic E-state index is 0.147. The molecule has 23 heavy (non-hydrogen) atoms. The van der Waals surface area contributed by atoms with Crippen LogP contribution >= 0.6 is 11.3 Å². The molecule has 0 bridgehead atoms. The Bertz CT molecular complexity index is 759. The number of rotatable bonds is 3. The van der Waals surface area contributed by atoms with Crippen LogP contribution in [0.4, 0.5) is 10.1 Å². The van der Waals surface area contributed by atoms with Gasteiger partial charge in [0.05, 0.1) is 27.5 Å². The van der Waals surface area contributed by atoms with Crippen molar-refractivity contribution in [2.24, 2.45) is 0 Å². The summed E-state index contributed by atoms with van der Waals surface area (Å²) in [6.45, 7) is 5.39. The first-order valence-electron chi connectivity index (χ1n) is 8.05. The lowest BCUT2D eigenvalue weighted by Gasteiger charge is -2.33. The first-order valence-corrected chi connectivity index (χ1v) is 8.87. The van der Waals surface area contributed by atoms with E-state index in [0.29, 0.717) is 6.54 Å². The molecule has 2 aromatic rings. The van der Waals surface area contributed by atoms with Crippen LogP contribution in [0.5, 0.6) is 0 Å². The summed E-state index contributed by atoms with van der Waals surface area (Å²) in [5, 5.41) is 4.54. The number of anilines is 1. The van der Waals surface area contributed by atoms with Gasteiger partial charge in [0.15, 0.2) is 0 Å². The molecule has 3 heterocycles. The van der Waals surface area contributed by atoms with E-state index in [4.69, 9.17) is 0 Å². The highest BCUT2D eigenvalue weighted by atomic mass is 32.1. The van der Waals surface area contributed by atoms with Crippen LogP contribution in [0.1, 0.15) is 30.7 Å². The third-order valence-corrected chi connectivity index (χ3v) is 5.57. The Balaban J connectivity index is 1.96. The van der Waals surface area contributed by atoms with Gasteiger partial charge in [0.25, 0.3) is 0 Å². The van der Waals surface area contributed by atoms with Crippen molar-refractivity contribution in [2.75, 3.05) is 25.5 Å². The van der Waals surface area contributed by atoms with E-state index < -0.39 is 6.17 Å². The summed E-state index contributed by atoms with van der Waals surface area (Å²) in [7, 11) is 1.97. The van der Waals surface area contributed by atoms with Crippen molar-refractivity contribution < 1.29 is 4.39 Å². The Hall–Kier alpha value is -1.64. The number of likely N-dealkylation sites (tertiary alicyclic amines) is 1. The number of thiophene rings is 1. The zero-order valence-corrected chi connectivity index (χ0v) is 14.6. The zero-order valence-electron chi connectivity index (χ0n) is 13.8. The Morgan fingerprint density at radius 2 is 2.30 bits per heavy atom. The number of pyridine rings is 1. The fraction of sp³-hybridized carbons (Fsp3) is 0.500. The highest BCUT2D eigenvalue weighted by Gasteiger charge is 2.28. The summed E-state index contributed by atoms with van der Waals surface area (Å²) in [6.07, 6.45) is 4.59. The molecule has 2 unspecified atom stereocenters. The van der Waals surface area contributed by atoms with Gasteiger partial charge < -0.3 is 10.2 Å². The molecule has 3 rings (SSSR count). The first-order chi connectivity index (χ1) is 11.1. The lowest BCUT2D eigenvalue weighted by molar-refractivity contribution is 0.149. The third kappa shape index (κ3) is 3.19. The summed E-state index contributed by atoms with van der Waals surface area (Å²) in [4.78, 5) is 7.50. The number of aryl methyl sites for hydroxylation is 1. The lowest BCUT2D eigenvalue weighted by Crippen LogP contribution is -2.46. The fourth-order valence-corrected chi connectivity index (χ4v) is 4.39. The molecule has 0 aliphatic carbocycles. The Morgan fingerprint density at radius 3 is 3.00 bits per heavy atom. The quantitative estimate of drug-likeness (QED) is 0.870. The molecule has 0 spiro atoms. The van der Waals surface area contributed by atoms with Gasteiger partial charge in [-0.15, -0.1) is 17.3 Å². The highest BCUT2D eigenvalue weighted by Crippen LogP contribution is 2.36. The van der Waals surface area contributed by atoms with Gasteiger partial charge in [0.1, 0.15) is 6.17 Å². The molecule has 2 aromatic heterocycles. The van der Waals surface area contributed by atoms with Gasteiger partial charge in [0.2, 0.25) is 0 Å². The molecule has 1 aliphatic rings. The van der Waals surface area contributed by atoms with Gasteiger partial charge >= 0.3 is 0 Å². The van der Waals surface area contributed by atoms with Crippen LogP contribution in [0, 0.1) is 11.8 Å². The molecule has 1 fully saturated rings. The number of hydrogen-bond donors (Lipinski definition) is 1. The number of piperidine rings is 1. The summed E-state index contributed by atoms with van der Waals surface area (Å²) < 4.78 is 15.5. The normalized spacial score (nSPS) is 21.9. The zero-order chi connectivity index (χ0) is 16.4. The van der Waals surface area contributed by atoms with Crippen molar-refractivity contribution >= 4 is 27.1 Å². The van der Waals surface area contributed by atoms with E-state index in [-0.39, 0.29) is 6.04 Å². The van der Waals surface area contributed by atoms with E-state index >= 15 is 0 Å². The van der Waals surface area contributed by atoms with E-state index in [1.54, 1.807) is 11.3 Å². The average Bonchev–Trinajstić information content (AvgIpc) is 2.88. The van der Waals surface area contributed by atoms with Crippen molar-refractivity contribution in [3.05, 3.63) is 22.8 Å². The maximum Gasteiger partial charge on any atom is 0.133 e. The van der Waals surface area contributed by atoms with Crippen LogP contribution in [0.2, 0.25) is 0 Å². The van der Waals surface area contributed by atoms with Gasteiger partial charge in [-0.3, -0.25) is 4.98 Å². The van der Waals surface area contributed by atoms with Crippen LogP contribution in [-0.2, 0) is 6.42 Å². The number of nitrogens with one attached hydrogen (secondary N) is 1. The van der Waals surface area contributed by atoms with Gasteiger partial charge in [0, 0.05) is 24.7 Å². The van der Waals surface area contributed by atoms with Gasteiger partial charge in [-0.2, -0.15) is 0 Å². The molecule has 0 amide bonds. The molecule has 1 aliphatic heterocycles. The number of alkyl halides is 1. The second-order valence-corrected chi connectivity index (χ2v) is 7.04. The predicted octanol–water partition coefficient (Wildman–Crippen LogP) is 3.68. The Morgan fingerprint density at radius 1 is 1.48 bits per heavy atom. The topological polar surface area (TPSA) is 28.2 Å². The summed E-state index contributed by atoms with van der Waals surface area (Å²) in [5.74, 6) is 6.18. The number of fused-ring (bicyclic) bond motifs is 1. The van der Waals surface area contributed by atoms with Crippen LogP contribution in [0.25, 0.3) is 10.1 Å². The number of halogens is 1. The number of hydrogen-bond acceptors (Lipinski definition) is 4. The summed E-state index contributed by atoms with van der Waals surface area (Å²) in [5.41, 5.74) is 2.18. The molecule has 2 atom stereocenters. The summed E-state index contributed by atoms with van der Waals surface area (Å²) in [6, 6.07) is -0.147. The van der Waals surface area contributed by atoms with E-state index in [2.05, 4.69) is 29.1 Å². The van der Waals surface area contributed by atoms with Gasteiger partial charge in [-0.25, -0.2) is 4.39 Å². The van der Waals surface area contributed by atoms with Crippen molar-refractivity contribution in [3.63, 3.8) is 0 Å². The molecular weight excluding hydrogens is 309 g/mol. The Labute approximate surface area is 140 Å². The van der Waals surface area contributed by atoms with Crippen molar-refractivity contribution in [1.29, 1.82) is 0 Å². The first kappa shape index (κ1) is 16.2. The fourth-order valence-electron chi connectivity index (χ4n) is 3.15. The van der Waals surface area contributed by atoms with Crippen molar-refractivity contribution in [3.8, 4) is 11.8 Å². The Kier molecular flexibility index (Phi) is 4.84. The third-order valence-electron chi connectivity index (χ3n) is 4.38. The molecule has 122 valence electrons. The maximum absolute atomic E-state index is 14.3. The van der Waals surface area contributed by atoms with Crippen LogP contribution < -0.4 is 5.32 Å². The second kappa shape index (κ2) is 6.86. The van der Waals surface area contributed by atoms with E-state index in [9.17, 15) is 4.39 Å². The van der Waals surface area contributed by atoms with Gasteiger partial charge in [-0.1, -0.05) is 12.8 Å². The lowest BCUT2D eigenvalue weighted by atomic mass is 10.0. The standard InChI is InChI=1S/C18H22FN3S/c1-4-6-17-12(5-2)13-9-20-10-16(18(13)23-17)21-15-7-8-22(3)11-14(15)19/h9-10,14-15,21H,5,7-8,11H2,1-3H3. The van der Waals surface area contributed by atoms with E-state index in [1.807, 2.05) is 31.3 Å².